The first-order valence-corrected chi connectivity index (χ1v) is 13.4. The Labute approximate surface area is 230 Å². The highest BCUT2D eigenvalue weighted by Crippen LogP contribution is 2.41. The Morgan fingerprint density at radius 1 is 1.11 bits per heavy atom. The molecule has 3 N–H and O–H groups in total. The Bertz CT molecular complexity index is 1450. The third-order valence-corrected chi connectivity index (χ3v) is 7.57. The van der Waals surface area contributed by atoms with Crippen LogP contribution in [0.4, 0.5) is 11.4 Å². The van der Waals surface area contributed by atoms with Crippen LogP contribution in [0.25, 0.3) is 0 Å². The summed E-state index contributed by atoms with van der Waals surface area (Å²) < 4.78 is 5.66. The first kappa shape index (κ1) is 27.1. The number of hydrogen-bond donors (Lipinski definition) is 3. The van der Waals surface area contributed by atoms with Gasteiger partial charge in [-0.1, -0.05) is 48.5 Å². The third-order valence-electron chi connectivity index (χ3n) is 6.14. The van der Waals surface area contributed by atoms with Gasteiger partial charge < -0.3 is 20.4 Å². The zero-order valence-corrected chi connectivity index (χ0v) is 22.8. The standard InChI is InChI=1S/C29H27ClN4O3S/c1-4-19-8-11-20(12-9-19)34-28(36)26-18(3)32-29(22(15-31)27(26)24-6-5-13-37-24)38-16-25(35)33-21-10-7-17(2)23(30)14-21/h5-14,27,32H,4,16H2,1-3H3,(H,33,35)(H,34,36). The smallest absolute Gasteiger partial charge is 0.254 e. The summed E-state index contributed by atoms with van der Waals surface area (Å²) in [6, 6.07) is 18.6. The molecule has 0 spiro atoms. The lowest BCUT2D eigenvalue weighted by atomic mass is 9.85. The van der Waals surface area contributed by atoms with Gasteiger partial charge in [0.2, 0.25) is 5.91 Å². The lowest BCUT2D eigenvalue weighted by Crippen LogP contribution is -2.31. The van der Waals surface area contributed by atoms with E-state index in [0.717, 1.165) is 17.5 Å². The van der Waals surface area contributed by atoms with Crippen molar-refractivity contribution in [2.24, 2.45) is 0 Å². The molecule has 0 aliphatic carbocycles. The Morgan fingerprint density at radius 3 is 2.47 bits per heavy atom. The predicted molar refractivity (Wildman–Crippen MR) is 152 cm³/mol. The fraction of sp³-hybridized carbons (Fsp3) is 0.207. The summed E-state index contributed by atoms with van der Waals surface area (Å²) in [6.07, 6.45) is 2.41. The summed E-state index contributed by atoms with van der Waals surface area (Å²) in [5.74, 6) is -0.816. The van der Waals surface area contributed by atoms with Gasteiger partial charge in [0.25, 0.3) is 5.91 Å². The van der Waals surface area contributed by atoms with Crippen molar-refractivity contribution in [2.45, 2.75) is 33.1 Å². The summed E-state index contributed by atoms with van der Waals surface area (Å²) in [4.78, 5) is 26.1. The number of anilines is 2. The van der Waals surface area contributed by atoms with Crippen LogP contribution in [-0.4, -0.2) is 17.6 Å². The number of amides is 2. The zero-order valence-electron chi connectivity index (χ0n) is 21.2. The number of benzene rings is 2. The Balaban J connectivity index is 1.56. The predicted octanol–water partition coefficient (Wildman–Crippen LogP) is 6.51. The average molecular weight is 547 g/mol. The maximum absolute atomic E-state index is 13.5. The number of dihydropyridines is 1. The Morgan fingerprint density at radius 2 is 1.84 bits per heavy atom. The highest BCUT2D eigenvalue weighted by atomic mass is 35.5. The molecule has 0 saturated carbocycles. The lowest BCUT2D eigenvalue weighted by Gasteiger charge is -2.28. The van der Waals surface area contributed by atoms with Gasteiger partial charge in [0, 0.05) is 22.1 Å². The molecule has 1 aromatic heterocycles. The van der Waals surface area contributed by atoms with Gasteiger partial charge in [-0.25, -0.2) is 0 Å². The van der Waals surface area contributed by atoms with Crippen LogP contribution < -0.4 is 16.0 Å². The van der Waals surface area contributed by atoms with E-state index < -0.39 is 5.92 Å². The molecule has 0 radical (unpaired) electrons. The van der Waals surface area contributed by atoms with Crippen LogP contribution in [-0.2, 0) is 16.0 Å². The van der Waals surface area contributed by atoms with E-state index >= 15 is 0 Å². The highest BCUT2D eigenvalue weighted by Gasteiger charge is 2.36. The molecule has 0 bridgehead atoms. The summed E-state index contributed by atoms with van der Waals surface area (Å²) in [6.45, 7) is 5.72. The summed E-state index contributed by atoms with van der Waals surface area (Å²) in [7, 11) is 0. The van der Waals surface area contributed by atoms with Crippen LogP contribution in [0.1, 0.15) is 36.7 Å². The molecule has 0 saturated heterocycles. The van der Waals surface area contributed by atoms with Crippen LogP contribution >= 0.6 is 23.4 Å². The normalized spacial score (nSPS) is 15.1. The maximum Gasteiger partial charge on any atom is 0.254 e. The number of halogens is 1. The van der Waals surface area contributed by atoms with Gasteiger partial charge in [0.15, 0.2) is 0 Å². The van der Waals surface area contributed by atoms with Gasteiger partial charge >= 0.3 is 0 Å². The lowest BCUT2D eigenvalue weighted by molar-refractivity contribution is -0.114. The second kappa shape index (κ2) is 12.1. The molecule has 0 fully saturated rings. The van der Waals surface area contributed by atoms with Gasteiger partial charge in [-0.05, 0) is 67.8 Å². The van der Waals surface area contributed by atoms with E-state index in [-0.39, 0.29) is 17.6 Å². The van der Waals surface area contributed by atoms with E-state index in [1.807, 2.05) is 37.3 Å². The number of furan rings is 1. The van der Waals surface area contributed by atoms with E-state index in [9.17, 15) is 14.9 Å². The van der Waals surface area contributed by atoms with Crippen LogP contribution in [0.5, 0.6) is 0 Å². The van der Waals surface area contributed by atoms with E-state index in [1.165, 1.54) is 18.0 Å². The minimum Gasteiger partial charge on any atom is -0.468 e. The molecule has 1 unspecified atom stereocenters. The number of rotatable bonds is 8. The first-order chi connectivity index (χ1) is 18.3. The Hall–Kier alpha value is -3.93. The number of carbonyl (C=O) groups excluding carboxylic acids is 2. The molecule has 4 rings (SSSR count). The topological polar surface area (TPSA) is 107 Å². The molecule has 9 heteroatoms. The third kappa shape index (κ3) is 6.13. The number of hydrogen-bond acceptors (Lipinski definition) is 6. The van der Waals surface area contributed by atoms with Crippen molar-refractivity contribution < 1.29 is 14.0 Å². The van der Waals surface area contributed by atoms with Crippen molar-refractivity contribution in [2.75, 3.05) is 16.4 Å². The molecule has 1 aliphatic rings. The highest BCUT2D eigenvalue weighted by molar-refractivity contribution is 8.03. The van der Waals surface area contributed by atoms with Crippen LogP contribution in [0.15, 0.2) is 87.1 Å². The molecule has 3 aromatic rings. The summed E-state index contributed by atoms with van der Waals surface area (Å²) in [5.41, 5.74) is 4.57. The van der Waals surface area contributed by atoms with Crippen LogP contribution in [0, 0.1) is 18.3 Å². The van der Waals surface area contributed by atoms with E-state index in [1.54, 1.807) is 31.2 Å². The molecule has 7 nitrogen and oxygen atoms in total. The summed E-state index contributed by atoms with van der Waals surface area (Å²) >= 11 is 7.35. The zero-order chi connectivity index (χ0) is 27.2. The van der Waals surface area contributed by atoms with E-state index in [0.29, 0.717) is 44.0 Å². The van der Waals surface area contributed by atoms with E-state index in [4.69, 9.17) is 16.0 Å². The van der Waals surface area contributed by atoms with Crippen molar-refractivity contribution in [1.29, 1.82) is 5.26 Å². The van der Waals surface area contributed by atoms with Gasteiger partial charge in [-0.3, -0.25) is 9.59 Å². The van der Waals surface area contributed by atoms with Crippen molar-refractivity contribution >= 4 is 46.6 Å². The molecule has 38 heavy (non-hydrogen) atoms. The van der Waals surface area contributed by atoms with Crippen molar-refractivity contribution in [1.82, 2.24) is 5.32 Å². The second-order valence-electron chi connectivity index (χ2n) is 8.77. The molecule has 2 amide bonds. The molecule has 1 atom stereocenters. The van der Waals surface area contributed by atoms with Crippen molar-refractivity contribution in [3.8, 4) is 6.07 Å². The quantitative estimate of drug-likeness (QED) is 0.297. The number of nitriles is 1. The number of nitrogens with zero attached hydrogens (tertiary/aromatic N) is 1. The second-order valence-corrected chi connectivity index (χ2v) is 10.2. The molecular formula is C29H27ClN4O3S. The number of carbonyl (C=O) groups is 2. The number of thioether (sulfide) groups is 1. The van der Waals surface area contributed by atoms with Crippen molar-refractivity contribution in [3.63, 3.8) is 0 Å². The molecule has 2 aromatic carbocycles. The average Bonchev–Trinajstić information content (AvgIpc) is 3.44. The monoisotopic (exact) mass is 546 g/mol. The van der Waals surface area contributed by atoms with Crippen molar-refractivity contribution in [3.05, 3.63) is 105 Å². The van der Waals surface area contributed by atoms with Crippen LogP contribution in [0.3, 0.4) is 0 Å². The van der Waals surface area contributed by atoms with E-state index in [2.05, 4.69) is 28.9 Å². The van der Waals surface area contributed by atoms with Gasteiger partial charge in [-0.2, -0.15) is 5.26 Å². The number of aryl methyl sites for hydroxylation is 2. The maximum atomic E-state index is 13.5. The van der Waals surface area contributed by atoms with Gasteiger partial charge in [-0.15, -0.1) is 0 Å². The Kier molecular flexibility index (Phi) is 8.62. The molecule has 194 valence electrons. The minimum absolute atomic E-state index is 0.0441. The number of nitrogens with one attached hydrogen (secondary N) is 3. The first-order valence-electron chi connectivity index (χ1n) is 12.0. The van der Waals surface area contributed by atoms with Crippen LogP contribution in [0.2, 0.25) is 5.02 Å². The fourth-order valence-electron chi connectivity index (χ4n) is 4.10. The molecule has 2 heterocycles. The van der Waals surface area contributed by atoms with Gasteiger partial charge in [0.1, 0.15) is 5.76 Å². The largest absolute Gasteiger partial charge is 0.468 e. The number of allylic oxidation sites excluding steroid dienone is 2. The fourth-order valence-corrected chi connectivity index (χ4v) is 5.17. The molecule has 1 aliphatic heterocycles. The molecular weight excluding hydrogens is 520 g/mol. The SMILES string of the molecule is CCc1ccc(NC(=O)C2=C(C)NC(SCC(=O)Nc3ccc(C)c(Cl)c3)=C(C#N)C2c2ccco2)cc1. The summed E-state index contributed by atoms with van der Waals surface area (Å²) in [5, 5.41) is 20.1. The van der Waals surface area contributed by atoms with Gasteiger partial charge in [0.05, 0.1) is 40.2 Å². The minimum atomic E-state index is -0.729.